The number of hydrogen-bond donors (Lipinski definition) is 8. The third-order valence-electron chi connectivity index (χ3n) is 4.43. The number of thiol groups is 1. The first-order valence-electron chi connectivity index (χ1n) is 9.40. The van der Waals surface area contributed by atoms with Crippen molar-refractivity contribution in [3.05, 3.63) is 0 Å². The molecule has 0 aromatic heterocycles. The topological polar surface area (TPSA) is 237 Å². The number of carbonyl (C=O) groups is 6. The van der Waals surface area contributed by atoms with Crippen LogP contribution in [-0.2, 0) is 28.8 Å². The minimum Gasteiger partial charge on any atom is -0.480 e. The SMILES string of the molecule is CCC(C)C(N)C(=O)NC(CS)C(=O)NC(CC(N)=O)C(=O)NC(CC(N)=O)C(=O)O. The second-order valence-corrected chi connectivity index (χ2v) is 7.32. The summed E-state index contributed by atoms with van der Waals surface area (Å²) in [5, 5.41) is 15.7. The number of carbonyl (C=O) groups excluding carboxylic acids is 5. The maximum absolute atomic E-state index is 12.5. The average molecular weight is 463 g/mol. The van der Waals surface area contributed by atoms with Gasteiger partial charge in [-0.05, 0) is 5.92 Å². The summed E-state index contributed by atoms with van der Waals surface area (Å²) in [5.41, 5.74) is 15.9. The summed E-state index contributed by atoms with van der Waals surface area (Å²) >= 11 is 4.00. The molecule has 31 heavy (non-hydrogen) atoms. The fraction of sp³-hybridized carbons (Fsp3) is 0.647. The van der Waals surface area contributed by atoms with Gasteiger partial charge in [-0.25, -0.2) is 4.79 Å². The molecule has 0 aromatic carbocycles. The van der Waals surface area contributed by atoms with Crippen molar-refractivity contribution >= 4 is 48.1 Å². The van der Waals surface area contributed by atoms with Crippen LogP contribution in [0.15, 0.2) is 0 Å². The minimum absolute atomic E-state index is 0.157. The van der Waals surface area contributed by atoms with E-state index in [0.29, 0.717) is 6.42 Å². The van der Waals surface area contributed by atoms with Crippen LogP contribution < -0.4 is 33.2 Å². The molecular formula is C17H30N6O7S. The van der Waals surface area contributed by atoms with Crippen molar-refractivity contribution in [1.29, 1.82) is 0 Å². The van der Waals surface area contributed by atoms with Gasteiger partial charge in [0.2, 0.25) is 29.5 Å². The Morgan fingerprint density at radius 3 is 1.68 bits per heavy atom. The third kappa shape index (κ3) is 10.1. The molecule has 0 saturated heterocycles. The zero-order chi connectivity index (χ0) is 24.3. The molecule has 0 rings (SSSR count). The Labute approximate surface area is 184 Å². The van der Waals surface area contributed by atoms with Crippen LogP contribution in [0, 0.1) is 5.92 Å². The van der Waals surface area contributed by atoms with Crippen LogP contribution in [0.2, 0.25) is 0 Å². The van der Waals surface area contributed by atoms with Crippen LogP contribution in [0.5, 0.6) is 0 Å². The Morgan fingerprint density at radius 1 is 0.839 bits per heavy atom. The second-order valence-electron chi connectivity index (χ2n) is 6.96. The molecule has 0 saturated carbocycles. The largest absolute Gasteiger partial charge is 0.480 e. The highest BCUT2D eigenvalue weighted by Crippen LogP contribution is 2.06. The van der Waals surface area contributed by atoms with Gasteiger partial charge < -0.3 is 38.3 Å². The molecule has 0 heterocycles. The summed E-state index contributed by atoms with van der Waals surface area (Å²) in [6, 6.07) is -5.32. The first-order chi connectivity index (χ1) is 14.3. The monoisotopic (exact) mass is 462 g/mol. The molecule has 5 atom stereocenters. The van der Waals surface area contributed by atoms with Crippen molar-refractivity contribution in [2.24, 2.45) is 23.1 Å². The highest BCUT2D eigenvalue weighted by molar-refractivity contribution is 7.80. The molecule has 0 aliphatic heterocycles. The van der Waals surface area contributed by atoms with Gasteiger partial charge in [0.25, 0.3) is 0 Å². The quantitative estimate of drug-likeness (QED) is 0.121. The van der Waals surface area contributed by atoms with Gasteiger partial charge in [-0.2, -0.15) is 12.6 Å². The molecule has 0 spiro atoms. The Kier molecular flexibility index (Phi) is 12.2. The second kappa shape index (κ2) is 13.4. The number of aliphatic carboxylic acids is 1. The molecule has 5 unspecified atom stereocenters. The number of rotatable bonds is 14. The minimum atomic E-state index is -1.67. The lowest BCUT2D eigenvalue weighted by atomic mass is 9.99. The summed E-state index contributed by atoms with van der Waals surface area (Å²) in [4.78, 5) is 70.6. The van der Waals surface area contributed by atoms with Crippen molar-refractivity contribution in [3.8, 4) is 0 Å². The van der Waals surface area contributed by atoms with Crippen LogP contribution in [0.1, 0.15) is 33.1 Å². The highest BCUT2D eigenvalue weighted by Gasteiger charge is 2.31. The molecule has 0 aliphatic rings. The number of nitrogens with two attached hydrogens (primary N) is 3. The summed E-state index contributed by atoms with van der Waals surface area (Å²) in [6.07, 6.45) is -0.746. The molecule has 13 nitrogen and oxygen atoms in total. The van der Waals surface area contributed by atoms with E-state index in [2.05, 4.69) is 23.3 Å². The lowest BCUT2D eigenvalue weighted by molar-refractivity contribution is -0.144. The number of carboxylic acid groups (broad SMARTS) is 1. The van der Waals surface area contributed by atoms with E-state index in [-0.39, 0.29) is 11.7 Å². The maximum Gasteiger partial charge on any atom is 0.326 e. The van der Waals surface area contributed by atoms with Crippen molar-refractivity contribution in [2.45, 2.75) is 57.3 Å². The molecule has 0 fully saturated rings. The number of amides is 5. The first kappa shape index (κ1) is 28.1. The van der Waals surface area contributed by atoms with Gasteiger partial charge in [0.1, 0.15) is 18.1 Å². The highest BCUT2D eigenvalue weighted by atomic mass is 32.1. The zero-order valence-corrected chi connectivity index (χ0v) is 18.2. The van der Waals surface area contributed by atoms with E-state index in [1.807, 2.05) is 12.2 Å². The van der Waals surface area contributed by atoms with E-state index in [1.54, 1.807) is 6.92 Å². The average Bonchev–Trinajstić information content (AvgIpc) is 2.68. The van der Waals surface area contributed by atoms with Gasteiger partial charge in [0.05, 0.1) is 18.9 Å². The number of nitrogens with one attached hydrogen (secondary N) is 3. The predicted octanol–water partition coefficient (Wildman–Crippen LogP) is -3.42. The Balaban J connectivity index is 5.34. The van der Waals surface area contributed by atoms with Gasteiger partial charge in [0.15, 0.2) is 0 Å². The van der Waals surface area contributed by atoms with E-state index >= 15 is 0 Å². The summed E-state index contributed by atoms with van der Waals surface area (Å²) in [5.74, 6) is -6.37. The van der Waals surface area contributed by atoms with Crippen LogP contribution in [0.25, 0.3) is 0 Å². The van der Waals surface area contributed by atoms with Gasteiger partial charge in [0, 0.05) is 5.75 Å². The molecule has 0 aliphatic carbocycles. The van der Waals surface area contributed by atoms with E-state index in [4.69, 9.17) is 22.3 Å². The van der Waals surface area contributed by atoms with Crippen LogP contribution >= 0.6 is 12.6 Å². The van der Waals surface area contributed by atoms with Crippen molar-refractivity contribution in [3.63, 3.8) is 0 Å². The molecule has 0 radical (unpaired) electrons. The van der Waals surface area contributed by atoms with Crippen molar-refractivity contribution < 1.29 is 33.9 Å². The normalized spacial score (nSPS) is 15.5. The van der Waals surface area contributed by atoms with Crippen LogP contribution in [0.4, 0.5) is 0 Å². The molecule has 14 heteroatoms. The Bertz CT molecular complexity index is 704. The first-order valence-corrected chi connectivity index (χ1v) is 10.0. The van der Waals surface area contributed by atoms with Crippen LogP contribution in [-0.4, -0.2) is 70.5 Å². The molecule has 5 amide bonds. The van der Waals surface area contributed by atoms with Gasteiger partial charge >= 0.3 is 5.97 Å². The standard InChI is InChI=1S/C17H30N6O7S/c1-3-7(2)13(20)16(28)23-10(6-31)15(27)21-8(4-11(18)24)14(26)22-9(17(29)30)5-12(19)25/h7-10,13,31H,3-6,20H2,1-2H3,(H2,18,24)(H2,19,25)(H,21,27)(H,22,26)(H,23,28)(H,29,30). The Morgan fingerprint density at radius 2 is 1.26 bits per heavy atom. The molecule has 0 bridgehead atoms. The lowest BCUT2D eigenvalue weighted by Crippen LogP contribution is -2.58. The molecular weight excluding hydrogens is 432 g/mol. The molecule has 10 N–H and O–H groups in total. The van der Waals surface area contributed by atoms with Crippen molar-refractivity contribution in [2.75, 3.05) is 5.75 Å². The smallest absolute Gasteiger partial charge is 0.326 e. The number of carboxylic acids is 1. The van der Waals surface area contributed by atoms with E-state index in [9.17, 15) is 28.8 Å². The summed E-state index contributed by atoms with van der Waals surface area (Å²) in [6.45, 7) is 3.61. The maximum atomic E-state index is 12.5. The fourth-order valence-electron chi connectivity index (χ4n) is 2.33. The Hall–Kier alpha value is -2.87. The van der Waals surface area contributed by atoms with E-state index in [1.165, 1.54) is 0 Å². The number of hydrogen-bond acceptors (Lipinski definition) is 8. The fourth-order valence-corrected chi connectivity index (χ4v) is 2.59. The van der Waals surface area contributed by atoms with Gasteiger partial charge in [-0.15, -0.1) is 0 Å². The lowest BCUT2D eigenvalue weighted by Gasteiger charge is -2.24. The van der Waals surface area contributed by atoms with Crippen molar-refractivity contribution in [1.82, 2.24) is 16.0 Å². The van der Waals surface area contributed by atoms with E-state index in [0.717, 1.165) is 0 Å². The zero-order valence-electron chi connectivity index (χ0n) is 17.3. The van der Waals surface area contributed by atoms with Crippen LogP contribution in [0.3, 0.4) is 0 Å². The molecule has 176 valence electrons. The third-order valence-corrected chi connectivity index (χ3v) is 4.80. The van der Waals surface area contributed by atoms with E-state index < -0.39 is 72.5 Å². The summed E-state index contributed by atoms with van der Waals surface area (Å²) in [7, 11) is 0. The summed E-state index contributed by atoms with van der Waals surface area (Å²) < 4.78 is 0. The molecule has 0 aromatic rings. The van der Waals surface area contributed by atoms with Gasteiger partial charge in [-0.3, -0.25) is 24.0 Å². The predicted molar refractivity (Wildman–Crippen MR) is 112 cm³/mol. The van der Waals surface area contributed by atoms with Gasteiger partial charge in [-0.1, -0.05) is 20.3 Å². The number of primary amides is 2.